The maximum Gasteiger partial charge on any atom is 0.266 e. The van der Waals surface area contributed by atoms with Crippen molar-refractivity contribution in [1.29, 1.82) is 0 Å². The third kappa shape index (κ3) is 3.93. The average Bonchev–Trinajstić information content (AvgIpc) is 2.64. The van der Waals surface area contributed by atoms with Crippen molar-refractivity contribution in [1.82, 2.24) is 4.98 Å². The highest BCUT2D eigenvalue weighted by atomic mass is 32.2. The molecule has 1 fully saturated rings. The molecule has 1 aromatic heterocycles. The van der Waals surface area contributed by atoms with Gasteiger partial charge >= 0.3 is 0 Å². The number of methoxy groups -OCH3 is 1. The van der Waals surface area contributed by atoms with Crippen molar-refractivity contribution < 1.29 is 13.2 Å². The molecule has 1 aromatic carbocycles. The van der Waals surface area contributed by atoms with Crippen molar-refractivity contribution in [2.24, 2.45) is 0 Å². The molecule has 7 heteroatoms. The predicted molar refractivity (Wildman–Crippen MR) is 104 cm³/mol. The lowest BCUT2D eigenvalue weighted by Gasteiger charge is -2.28. The van der Waals surface area contributed by atoms with Gasteiger partial charge in [0.15, 0.2) is 0 Å². The van der Waals surface area contributed by atoms with Gasteiger partial charge in [0, 0.05) is 13.1 Å². The molecule has 0 aliphatic carbocycles. The van der Waals surface area contributed by atoms with Gasteiger partial charge < -0.3 is 9.64 Å². The largest absolute Gasteiger partial charge is 0.495 e. The van der Waals surface area contributed by atoms with Crippen LogP contribution in [-0.4, -0.2) is 33.6 Å². The van der Waals surface area contributed by atoms with Gasteiger partial charge in [0.05, 0.1) is 19.0 Å². The highest BCUT2D eigenvalue weighted by molar-refractivity contribution is 7.92. The lowest BCUT2D eigenvalue weighted by Crippen LogP contribution is -2.29. The first-order valence-corrected chi connectivity index (χ1v) is 10.3. The number of anilines is 2. The van der Waals surface area contributed by atoms with E-state index in [0.29, 0.717) is 11.6 Å². The van der Waals surface area contributed by atoms with E-state index in [1.165, 1.54) is 26.4 Å². The third-order valence-corrected chi connectivity index (χ3v) is 6.15. The Bertz CT molecular complexity index is 874. The summed E-state index contributed by atoms with van der Waals surface area (Å²) >= 11 is 0. The second-order valence-corrected chi connectivity index (χ2v) is 8.29. The summed E-state index contributed by atoms with van der Waals surface area (Å²) in [6, 6.07) is 6.97. The maximum atomic E-state index is 12.8. The zero-order valence-corrected chi connectivity index (χ0v) is 16.3. The molecular formula is C19H25N3O3S. The molecule has 2 aromatic rings. The van der Waals surface area contributed by atoms with Gasteiger partial charge in [0.1, 0.15) is 16.5 Å². The molecular weight excluding hydrogens is 350 g/mol. The Morgan fingerprint density at radius 3 is 2.38 bits per heavy atom. The van der Waals surface area contributed by atoms with Crippen molar-refractivity contribution in [2.75, 3.05) is 29.8 Å². The number of sulfonamides is 1. The number of pyridine rings is 1. The third-order valence-electron chi connectivity index (χ3n) is 4.78. The number of aryl methyl sites for hydroxylation is 2. The predicted octanol–water partition coefficient (Wildman–Crippen LogP) is 3.50. The number of hydrogen-bond donors (Lipinski definition) is 1. The number of nitrogens with one attached hydrogen (secondary N) is 1. The molecule has 1 N–H and O–H groups in total. The molecule has 0 amide bonds. The lowest BCUT2D eigenvalue weighted by atomic mass is 10.1. The Morgan fingerprint density at radius 2 is 1.77 bits per heavy atom. The summed E-state index contributed by atoms with van der Waals surface area (Å²) in [7, 11) is -2.32. The van der Waals surface area contributed by atoms with Crippen LogP contribution in [0.4, 0.5) is 11.5 Å². The van der Waals surface area contributed by atoms with Gasteiger partial charge in [-0.25, -0.2) is 13.4 Å². The molecule has 140 valence electrons. The Labute approximate surface area is 155 Å². The number of hydrogen-bond acceptors (Lipinski definition) is 5. The SMILES string of the molecule is COc1cc(C)c(C)cc1S(=O)(=O)Nc1ccc(N2CCCCC2)cn1. The molecule has 26 heavy (non-hydrogen) atoms. The second-order valence-electron chi connectivity index (χ2n) is 6.64. The maximum absolute atomic E-state index is 12.8. The molecule has 0 atom stereocenters. The zero-order chi connectivity index (χ0) is 18.7. The summed E-state index contributed by atoms with van der Waals surface area (Å²) in [4.78, 5) is 6.68. The first-order chi connectivity index (χ1) is 12.4. The van der Waals surface area contributed by atoms with E-state index < -0.39 is 10.0 Å². The number of rotatable bonds is 5. The van der Waals surface area contributed by atoms with Crippen molar-refractivity contribution >= 4 is 21.5 Å². The Morgan fingerprint density at radius 1 is 1.08 bits per heavy atom. The minimum atomic E-state index is -3.78. The first-order valence-electron chi connectivity index (χ1n) is 8.80. The Balaban J connectivity index is 1.82. The number of nitrogens with zero attached hydrogens (tertiary/aromatic N) is 2. The van der Waals surface area contributed by atoms with Crippen LogP contribution in [0.1, 0.15) is 30.4 Å². The van der Waals surface area contributed by atoms with Gasteiger partial charge in [-0.3, -0.25) is 4.72 Å². The van der Waals surface area contributed by atoms with Gasteiger partial charge in [-0.2, -0.15) is 0 Å². The van der Waals surface area contributed by atoms with Crippen LogP contribution in [0.5, 0.6) is 5.75 Å². The number of ether oxygens (including phenoxy) is 1. The van der Waals surface area contributed by atoms with Crippen molar-refractivity contribution in [2.45, 2.75) is 38.0 Å². The molecule has 1 aliphatic heterocycles. The summed E-state index contributed by atoms with van der Waals surface area (Å²) in [5, 5.41) is 0. The van der Waals surface area contributed by atoms with E-state index in [1.54, 1.807) is 24.4 Å². The smallest absolute Gasteiger partial charge is 0.266 e. The summed E-state index contributed by atoms with van der Waals surface area (Å²) in [6.07, 6.45) is 5.35. The molecule has 0 unspecified atom stereocenters. The van der Waals surface area contributed by atoms with E-state index >= 15 is 0 Å². The van der Waals surface area contributed by atoms with Crippen LogP contribution in [0.25, 0.3) is 0 Å². The van der Waals surface area contributed by atoms with Crippen LogP contribution in [0, 0.1) is 13.8 Å². The lowest BCUT2D eigenvalue weighted by molar-refractivity contribution is 0.402. The highest BCUT2D eigenvalue weighted by Gasteiger charge is 2.21. The summed E-state index contributed by atoms with van der Waals surface area (Å²) < 4.78 is 33.4. The van der Waals surface area contributed by atoms with Crippen molar-refractivity contribution in [3.63, 3.8) is 0 Å². The van der Waals surface area contributed by atoms with Gasteiger partial charge in [-0.05, 0) is 68.5 Å². The number of aromatic nitrogens is 1. The van der Waals surface area contributed by atoms with Gasteiger partial charge in [-0.15, -0.1) is 0 Å². The quantitative estimate of drug-likeness (QED) is 0.866. The van der Waals surface area contributed by atoms with Crippen molar-refractivity contribution in [3.05, 3.63) is 41.6 Å². The monoisotopic (exact) mass is 375 g/mol. The Kier molecular flexibility index (Phi) is 5.36. The fourth-order valence-electron chi connectivity index (χ4n) is 3.11. The molecule has 6 nitrogen and oxygen atoms in total. The van der Waals surface area contributed by atoms with E-state index in [4.69, 9.17) is 4.74 Å². The minimum Gasteiger partial charge on any atom is -0.495 e. The van der Waals surface area contributed by atoms with Gasteiger partial charge in [-0.1, -0.05) is 0 Å². The van der Waals surface area contributed by atoms with Gasteiger partial charge in [0.2, 0.25) is 0 Å². The normalized spacial score (nSPS) is 15.0. The average molecular weight is 375 g/mol. The fraction of sp³-hybridized carbons (Fsp3) is 0.421. The van der Waals surface area contributed by atoms with E-state index in [9.17, 15) is 8.42 Å². The van der Waals surface area contributed by atoms with Crippen LogP contribution in [-0.2, 0) is 10.0 Å². The zero-order valence-electron chi connectivity index (χ0n) is 15.4. The van der Waals surface area contributed by atoms with Crippen molar-refractivity contribution in [3.8, 4) is 5.75 Å². The molecule has 0 radical (unpaired) electrons. The van der Waals surface area contributed by atoms with Crippen LogP contribution in [0.3, 0.4) is 0 Å². The molecule has 0 spiro atoms. The summed E-state index contributed by atoms with van der Waals surface area (Å²) in [5.74, 6) is 0.622. The Hall–Kier alpha value is -2.28. The van der Waals surface area contributed by atoms with E-state index in [1.807, 2.05) is 19.9 Å². The highest BCUT2D eigenvalue weighted by Crippen LogP contribution is 2.29. The van der Waals surface area contributed by atoms with Crippen LogP contribution >= 0.6 is 0 Å². The second kappa shape index (κ2) is 7.53. The van der Waals surface area contributed by atoms with E-state index in [2.05, 4.69) is 14.6 Å². The number of piperidine rings is 1. The summed E-state index contributed by atoms with van der Waals surface area (Å²) in [5.41, 5.74) is 2.89. The summed E-state index contributed by atoms with van der Waals surface area (Å²) in [6.45, 7) is 5.83. The van der Waals surface area contributed by atoms with E-state index in [-0.39, 0.29) is 4.90 Å². The molecule has 0 saturated carbocycles. The molecule has 1 saturated heterocycles. The minimum absolute atomic E-state index is 0.116. The topological polar surface area (TPSA) is 71.5 Å². The first kappa shape index (κ1) is 18.5. The molecule has 2 heterocycles. The standard InChI is InChI=1S/C19H25N3O3S/c1-14-11-17(25-3)18(12-15(14)2)26(23,24)21-19-8-7-16(13-20-19)22-9-5-4-6-10-22/h7-8,11-13H,4-6,9-10H2,1-3H3,(H,20,21). The molecule has 1 aliphatic rings. The fourth-order valence-corrected chi connectivity index (χ4v) is 4.36. The molecule has 0 bridgehead atoms. The van der Waals surface area contributed by atoms with Crippen LogP contribution in [0.15, 0.2) is 35.4 Å². The molecule has 3 rings (SSSR count). The van der Waals surface area contributed by atoms with Crippen LogP contribution < -0.4 is 14.4 Å². The number of benzene rings is 1. The van der Waals surface area contributed by atoms with Gasteiger partial charge in [0.25, 0.3) is 10.0 Å². The van der Waals surface area contributed by atoms with Crippen LogP contribution in [0.2, 0.25) is 0 Å². The van der Waals surface area contributed by atoms with E-state index in [0.717, 1.165) is 29.9 Å².